The Hall–Kier alpha value is -2.23. The van der Waals surface area contributed by atoms with Crippen LogP contribution in [0.5, 0.6) is 0 Å². The Balaban J connectivity index is 1.53. The lowest BCUT2D eigenvalue weighted by Crippen LogP contribution is -2.54. The highest BCUT2D eigenvalue weighted by molar-refractivity contribution is 5.80. The van der Waals surface area contributed by atoms with Crippen molar-refractivity contribution in [3.63, 3.8) is 0 Å². The third-order valence-electron chi connectivity index (χ3n) is 5.55. The van der Waals surface area contributed by atoms with Crippen molar-refractivity contribution in [2.75, 3.05) is 72.7 Å². The van der Waals surface area contributed by atoms with E-state index in [2.05, 4.69) is 15.1 Å². The molecular weight excluding hydrogens is 401 g/mol. The summed E-state index contributed by atoms with van der Waals surface area (Å²) in [6.45, 7) is 9.85. The van der Waals surface area contributed by atoms with Crippen LogP contribution in [0.15, 0.2) is 23.2 Å². The van der Waals surface area contributed by atoms with Crippen molar-refractivity contribution in [1.82, 2.24) is 20.0 Å². The second-order valence-electron chi connectivity index (χ2n) is 7.79. The predicted molar refractivity (Wildman–Crippen MR) is 117 cm³/mol. The van der Waals surface area contributed by atoms with Crippen LogP contribution in [0.1, 0.15) is 18.1 Å². The standard InChI is InChI=1S/C22H34FN5O3/c1-3-24-22(25-15-18-4-5-20(23)19(14-18)17-30-2)28-8-6-26(7-9-28)16-21(29)27-10-12-31-13-11-27/h4-5,14H,3,6-13,15-17H2,1-2H3,(H,24,25). The van der Waals surface area contributed by atoms with Crippen LogP contribution in [0.2, 0.25) is 0 Å². The first-order valence-electron chi connectivity index (χ1n) is 11.0. The molecule has 172 valence electrons. The number of guanidine groups is 1. The number of nitrogens with one attached hydrogen (secondary N) is 1. The molecule has 0 radical (unpaired) electrons. The Kier molecular flexibility index (Phi) is 9.05. The number of amides is 1. The van der Waals surface area contributed by atoms with Crippen LogP contribution in [0.4, 0.5) is 4.39 Å². The Labute approximate surface area is 184 Å². The van der Waals surface area contributed by atoms with E-state index in [9.17, 15) is 9.18 Å². The molecule has 2 fully saturated rings. The number of carbonyl (C=O) groups excluding carboxylic acids is 1. The van der Waals surface area contributed by atoms with E-state index in [0.29, 0.717) is 45.0 Å². The zero-order valence-electron chi connectivity index (χ0n) is 18.6. The lowest BCUT2D eigenvalue weighted by Gasteiger charge is -2.37. The Morgan fingerprint density at radius 3 is 2.58 bits per heavy atom. The summed E-state index contributed by atoms with van der Waals surface area (Å²) < 4.78 is 24.2. The normalized spacial score (nSPS) is 18.4. The zero-order valence-corrected chi connectivity index (χ0v) is 18.6. The third kappa shape index (κ3) is 6.88. The molecule has 1 aromatic carbocycles. The number of piperazine rings is 1. The van der Waals surface area contributed by atoms with Gasteiger partial charge in [0.1, 0.15) is 5.82 Å². The Bertz CT molecular complexity index is 747. The molecule has 0 bridgehead atoms. The van der Waals surface area contributed by atoms with E-state index in [1.807, 2.05) is 11.8 Å². The van der Waals surface area contributed by atoms with Gasteiger partial charge < -0.3 is 24.6 Å². The van der Waals surface area contributed by atoms with Crippen LogP contribution in [-0.2, 0) is 27.4 Å². The van der Waals surface area contributed by atoms with Gasteiger partial charge in [0.05, 0.1) is 32.9 Å². The molecule has 2 heterocycles. The van der Waals surface area contributed by atoms with Crippen LogP contribution >= 0.6 is 0 Å². The molecule has 0 aliphatic carbocycles. The molecule has 0 spiro atoms. The van der Waals surface area contributed by atoms with Crippen LogP contribution in [0, 0.1) is 5.82 Å². The van der Waals surface area contributed by atoms with Gasteiger partial charge in [0.2, 0.25) is 5.91 Å². The first kappa shape index (κ1) is 23.4. The first-order valence-corrected chi connectivity index (χ1v) is 11.0. The largest absolute Gasteiger partial charge is 0.380 e. The number of rotatable bonds is 7. The van der Waals surface area contributed by atoms with Crippen LogP contribution < -0.4 is 5.32 Å². The molecular formula is C22H34FN5O3. The summed E-state index contributed by atoms with van der Waals surface area (Å²) in [6, 6.07) is 5.04. The highest BCUT2D eigenvalue weighted by Gasteiger charge is 2.24. The van der Waals surface area contributed by atoms with Gasteiger partial charge in [-0.1, -0.05) is 6.07 Å². The summed E-state index contributed by atoms with van der Waals surface area (Å²) >= 11 is 0. The number of nitrogens with zero attached hydrogens (tertiary/aromatic N) is 4. The number of morpholine rings is 1. The smallest absolute Gasteiger partial charge is 0.236 e. The van der Waals surface area contributed by atoms with Gasteiger partial charge in [0.15, 0.2) is 5.96 Å². The molecule has 1 N–H and O–H groups in total. The quantitative estimate of drug-likeness (QED) is 0.507. The highest BCUT2D eigenvalue weighted by Crippen LogP contribution is 2.13. The van der Waals surface area contributed by atoms with Gasteiger partial charge in [-0.15, -0.1) is 0 Å². The number of hydrogen-bond donors (Lipinski definition) is 1. The zero-order chi connectivity index (χ0) is 22.1. The summed E-state index contributed by atoms with van der Waals surface area (Å²) in [5.74, 6) is 0.768. The van der Waals surface area contributed by atoms with Crippen molar-refractivity contribution >= 4 is 11.9 Å². The number of ether oxygens (including phenoxy) is 2. The molecule has 3 rings (SSSR count). The highest BCUT2D eigenvalue weighted by atomic mass is 19.1. The van der Waals surface area contributed by atoms with Crippen molar-refractivity contribution in [2.24, 2.45) is 4.99 Å². The molecule has 1 amide bonds. The summed E-state index contributed by atoms with van der Waals surface area (Å²) in [6.07, 6.45) is 0. The average molecular weight is 436 g/mol. The molecule has 2 saturated heterocycles. The molecule has 0 saturated carbocycles. The fourth-order valence-electron chi connectivity index (χ4n) is 3.81. The van der Waals surface area contributed by atoms with E-state index in [1.54, 1.807) is 19.2 Å². The maximum Gasteiger partial charge on any atom is 0.236 e. The molecule has 0 atom stereocenters. The predicted octanol–water partition coefficient (Wildman–Crippen LogP) is 0.914. The van der Waals surface area contributed by atoms with E-state index in [0.717, 1.165) is 44.2 Å². The first-order chi connectivity index (χ1) is 15.1. The number of aliphatic imine (C=N–C) groups is 1. The van der Waals surface area contributed by atoms with E-state index >= 15 is 0 Å². The maximum absolute atomic E-state index is 13.8. The molecule has 0 unspecified atom stereocenters. The van der Waals surface area contributed by atoms with Gasteiger partial charge in [-0.25, -0.2) is 9.38 Å². The molecule has 31 heavy (non-hydrogen) atoms. The number of halogens is 1. The molecule has 2 aliphatic rings. The second kappa shape index (κ2) is 12.0. The number of benzene rings is 1. The second-order valence-corrected chi connectivity index (χ2v) is 7.79. The summed E-state index contributed by atoms with van der Waals surface area (Å²) in [4.78, 5) is 23.6. The fourth-order valence-corrected chi connectivity index (χ4v) is 3.81. The Morgan fingerprint density at radius 1 is 1.16 bits per heavy atom. The minimum absolute atomic E-state index is 0.181. The van der Waals surface area contributed by atoms with Crippen molar-refractivity contribution in [3.05, 3.63) is 35.1 Å². The van der Waals surface area contributed by atoms with E-state index < -0.39 is 0 Å². The molecule has 2 aliphatic heterocycles. The molecule has 9 heteroatoms. The van der Waals surface area contributed by atoms with E-state index in [4.69, 9.17) is 14.5 Å². The minimum atomic E-state index is -0.260. The van der Waals surface area contributed by atoms with Crippen molar-refractivity contribution < 1.29 is 18.7 Å². The van der Waals surface area contributed by atoms with Crippen LogP contribution in [0.3, 0.4) is 0 Å². The van der Waals surface area contributed by atoms with E-state index in [1.165, 1.54) is 6.07 Å². The SMILES string of the molecule is CCNC(=NCc1ccc(F)c(COC)c1)N1CCN(CC(=O)N2CCOCC2)CC1. The molecule has 1 aromatic rings. The lowest BCUT2D eigenvalue weighted by atomic mass is 10.1. The number of carbonyl (C=O) groups is 1. The van der Waals surface area contributed by atoms with Crippen LogP contribution in [-0.4, -0.2) is 99.2 Å². The van der Waals surface area contributed by atoms with Crippen molar-refractivity contribution in [1.29, 1.82) is 0 Å². The summed E-state index contributed by atoms with van der Waals surface area (Å²) in [5, 5.41) is 3.35. The van der Waals surface area contributed by atoms with Gasteiger partial charge >= 0.3 is 0 Å². The van der Waals surface area contributed by atoms with Gasteiger partial charge in [0.25, 0.3) is 0 Å². The van der Waals surface area contributed by atoms with Gasteiger partial charge in [-0.2, -0.15) is 0 Å². The van der Waals surface area contributed by atoms with Crippen molar-refractivity contribution in [3.8, 4) is 0 Å². The number of hydrogen-bond acceptors (Lipinski definition) is 5. The van der Waals surface area contributed by atoms with Crippen LogP contribution in [0.25, 0.3) is 0 Å². The number of methoxy groups -OCH3 is 1. The molecule has 8 nitrogen and oxygen atoms in total. The third-order valence-corrected chi connectivity index (χ3v) is 5.55. The monoisotopic (exact) mass is 435 g/mol. The Morgan fingerprint density at radius 2 is 1.90 bits per heavy atom. The van der Waals surface area contributed by atoms with Gasteiger partial charge in [0, 0.05) is 58.5 Å². The lowest BCUT2D eigenvalue weighted by molar-refractivity contribution is -0.136. The fraction of sp³-hybridized carbons (Fsp3) is 0.636. The maximum atomic E-state index is 13.8. The summed E-state index contributed by atoms with van der Waals surface area (Å²) in [7, 11) is 1.56. The van der Waals surface area contributed by atoms with Gasteiger partial charge in [-0.3, -0.25) is 9.69 Å². The summed E-state index contributed by atoms with van der Waals surface area (Å²) in [5.41, 5.74) is 1.48. The topological polar surface area (TPSA) is 69.6 Å². The average Bonchev–Trinajstić information content (AvgIpc) is 2.80. The van der Waals surface area contributed by atoms with Crippen molar-refractivity contribution in [2.45, 2.75) is 20.1 Å². The minimum Gasteiger partial charge on any atom is -0.380 e. The van der Waals surface area contributed by atoms with E-state index in [-0.39, 0.29) is 18.3 Å². The van der Waals surface area contributed by atoms with Gasteiger partial charge in [-0.05, 0) is 24.6 Å². The molecule has 0 aromatic heterocycles.